The Morgan fingerprint density at radius 2 is 2.19 bits per heavy atom. The normalized spacial score (nSPS) is 11.6. The van der Waals surface area contributed by atoms with Crippen LogP contribution in [0.1, 0.15) is 23.2 Å². The minimum Gasteiger partial charge on any atom is -0.357 e. The van der Waals surface area contributed by atoms with Crippen LogP contribution in [0.5, 0.6) is 0 Å². The molecule has 0 saturated heterocycles. The molecule has 142 valence electrons. The van der Waals surface area contributed by atoms with Crippen molar-refractivity contribution >= 4 is 17.3 Å². The fraction of sp³-hybridized carbons (Fsp3) is 0.300. The number of hydrogen-bond acceptors (Lipinski definition) is 3. The lowest BCUT2D eigenvalue weighted by atomic mass is 10.2. The van der Waals surface area contributed by atoms with Crippen LogP contribution < -0.4 is 10.6 Å². The highest BCUT2D eigenvalue weighted by atomic mass is 32.1. The largest absolute Gasteiger partial charge is 0.357 e. The minimum absolute atomic E-state index is 0.278. The van der Waals surface area contributed by atoms with Crippen molar-refractivity contribution in [1.29, 1.82) is 0 Å². The summed E-state index contributed by atoms with van der Waals surface area (Å²) in [6.07, 6.45) is 4.37. The third-order valence-corrected chi connectivity index (χ3v) is 5.04. The van der Waals surface area contributed by atoms with Crippen molar-refractivity contribution in [2.75, 3.05) is 13.1 Å². The van der Waals surface area contributed by atoms with Gasteiger partial charge in [0.05, 0.1) is 12.2 Å². The fourth-order valence-corrected chi connectivity index (χ4v) is 3.46. The molecule has 0 aliphatic heterocycles. The summed E-state index contributed by atoms with van der Waals surface area (Å²) in [5.74, 6) is 1.22. The van der Waals surface area contributed by atoms with Gasteiger partial charge < -0.3 is 15.2 Å². The fourth-order valence-electron chi connectivity index (χ4n) is 2.75. The van der Waals surface area contributed by atoms with Crippen LogP contribution in [0.15, 0.2) is 53.1 Å². The second kappa shape index (κ2) is 9.32. The summed E-state index contributed by atoms with van der Waals surface area (Å²) < 4.78 is 16.2. The number of thiophene rings is 1. The molecule has 7 heteroatoms. The van der Waals surface area contributed by atoms with Gasteiger partial charge in [0.15, 0.2) is 5.96 Å². The molecule has 0 bridgehead atoms. The number of halogens is 1. The van der Waals surface area contributed by atoms with Gasteiger partial charge >= 0.3 is 0 Å². The molecule has 2 heterocycles. The summed E-state index contributed by atoms with van der Waals surface area (Å²) in [5, 5.41) is 8.63. The van der Waals surface area contributed by atoms with E-state index in [1.54, 1.807) is 34.4 Å². The number of aryl methyl sites for hydroxylation is 1. The van der Waals surface area contributed by atoms with Crippen LogP contribution >= 0.6 is 11.3 Å². The molecule has 0 saturated carbocycles. The maximum absolute atomic E-state index is 14.5. The molecule has 0 aliphatic rings. The summed E-state index contributed by atoms with van der Waals surface area (Å²) in [6, 6.07) is 9.39. The molecule has 0 unspecified atom stereocenters. The van der Waals surface area contributed by atoms with Gasteiger partial charge in [0.1, 0.15) is 11.6 Å². The summed E-state index contributed by atoms with van der Waals surface area (Å²) in [4.78, 5) is 10.0. The van der Waals surface area contributed by atoms with E-state index in [1.807, 2.05) is 19.9 Å². The number of guanidine groups is 1. The number of hydrogen-bond donors (Lipinski definition) is 2. The first-order valence-corrected chi connectivity index (χ1v) is 9.88. The molecule has 3 rings (SSSR count). The van der Waals surface area contributed by atoms with E-state index in [1.165, 1.54) is 10.9 Å². The highest BCUT2D eigenvalue weighted by Crippen LogP contribution is 2.17. The number of benzene rings is 1. The highest BCUT2D eigenvalue weighted by Gasteiger charge is 2.08. The van der Waals surface area contributed by atoms with Gasteiger partial charge in [-0.3, -0.25) is 0 Å². The van der Waals surface area contributed by atoms with Crippen LogP contribution in [0.3, 0.4) is 0 Å². The summed E-state index contributed by atoms with van der Waals surface area (Å²) in [7, 11) is 0. The van der Waals surface area contributed by atoms with E-state index in [4.69, 9.17) is 0 Å². The number of aliphatic imine (C=N–C) groups is 1. The first kappa shape index (κ1) is 19.1. The number of nitrogens with zero attached hydrogens (tertiary/aromatic N) is 3. The molecule has 27 heavy (non-hydrogen) atoms. The molecule has 5 nitrogen and oxygen atoms in total. The zero-order chi connectivity index (χ0) is 19.1. The monoisotopic (exact) mass is 385 g/mol. The standard InChI is InChI=1S/C20H24FN5S/c1-3-22-20(24-9-8-17-5-4-12-27-17)25-14-16-6-7-19(18(21)13-16)26-11-10-23-15(26)2/h4-7,10-13H,3,8-9,14H2,1-2H3,(H2,22,24,25). The molecule has 0 aliphatic carbocycles. The Morgan fingerprint density at radius 3 is 2.85 bits per heavy atom. The Hall–Kier alpha value is -2.67. The van der Waals surface area contributed by atoms with Crippen molar-refractivity contribution < 1.29 is 4.39 Å². The second-order valence-corrected chi connectivity index (χ2v) is 7.11. The molecular weight excluding hydrogens is 361 g/mol. The van der Waals surface area contributed by atoms with Crippen LogP contribution in [0.4, 0.5) is 4.39 Å². The van der Waals surface area contributed by atoms with Gasteiger partial charge in [0.2, 0.25) is 0 Å². The van der Waals surface area contributed by atoms with E-state index in [-0.39, 0.29) is 5.82 Å². The molecule has 0 amide bonds. The van der Waals surface area contributed by atoms with Gasteiger partial charge in [-0.1, -0.05) is 12.1 Å². The Labute approximate surface area is 163 Å². The van der Waals surface area contributed by atoms with Crippen molar-refractivity contribution in [2.45, 2.75) is 26.8 Å². The third kappa shape index (κ3) is 5.17. The Kier molecular flexibility index (Phi) is 6.59. The molecule has 2 aromatic heterocycles. The average molecular weight is 386 g/mol. The zero-order valence-electron chi connectivity index (χ0n) is 15.6. The van der Waals surface area contributed by atoms with Gasteiger partial charge in [0, 0.05) is 30.4 Å². The van der Waals surface area contributed by atoms with Gasteiger partial charge in [-0.15, -0.1) is 11.3 Å². The third-order valence-electron chi connectivity index (χ3n) is 4.11. The van der Waals surface area contributed by atoms with Crippen LogP contribution in [0.2, 0.25) is 0 Å². The van der Waals surface area contributed by atoms with Crippen molar-refractivity contribution in [3.8, 4) is 5.69 Å². The number of nitrogens with one attached hydrogen (secondary N) is 2. The topological polar surface area (TPSA) is 54.2 Å². The lowest BCUT2D eigenvalue weighted by Gasteiger charge is -2.11. The van der Waals surface area contributed by atoms with E-state index in [0.29, 0.717) is 12.2 Å². The average Bonchev–Trinajstić information content (AvgIpc) is 3.32. The summed E-state index contributed by atoms with van der Waals surface area (Å²) in [6.45, 7) is 5.87. The van der Waals surface area contributed by atoms with Gasteiger partial charge in [-0.2, -0.15) is 0 Å². The smallest absolute Gasteiger partial charge is 0.191 e. The first-order valence-electron chi connectivity index (χ1n) is 9.00. The van der Waals surface area contributed by atoms with Crippen molar-refractivity contribution in [2.24, 2.45) is 4.99 Å². The van der Waals surface area contributed by atoms with Crippen molar-refractivity contribution in [3.05, 3.63) is 70.2 Å². The SMILES string of the molecule is CCNC(=NCc1ccc(-n2ccnc2C)c(F)c1)NCCc1cccs1. The predicted octanol–water partition coefficient (Wildman–Crippen LogP) is 3.68. The number of aromatic nitrogens is 2. The number of rotatable bonds is 7. The van der Waals surface area contributed by atoms with Gasteiger partial charge in [-0.05, 0) is 49.4 Å². The predicted molar refractivity (Wildman–Crippen MR) is 109 cm³/mol. The molecule has 2 N–H and O–H groups in total. The maximum atomic E-state index is 14.5. The van der Waals surface area contributed by atoms with Crippen LogP contribution in [0.25, 0.3) is 5.69 Å². The quantitative estimate of drug-likeness (QED) is 0.482. The second-order valence-electron chi connectivity index (χ2n) is 6.08. The van der Waals surface area contributed by atoms with Gasteiger partial charge in [0.25, 0.3) is 0 Å². The van der Waals surface area contributed by atoms with Crippen LogP contribution in [0, 0.1) is 12.7 Å². The number of imidazole rings is 1. The molecule has 0 fully saturated rings. The summed E-state index contributed by atoms with van der Waals surface area (Å²) >= 11 is 1.75. The van der Waals surface area contributed by atoms with E-state index >= 15 is 0 Å². The zero-order valence-corrected chi connectivity index (χ0v) is 16.4. The van der Waals surface area contributed by atoms with Crippen molar-refractivity contribution in [3.63, 3.8) is 0 Å². The van der Waals surface area contributed by atoms with Crippen LogP contribution in [-0.2, 0) is 13.0 Å². The lowest BCUT2D eigenvalue weighted by molar-refractivity contribution is 0.614. The minimum atomic E-state index is -0.278. The van der Waals surface area contributed by atoms with E-state index in [9.17, 15) is 4.39 Å². The Balaban J connectivity index is 1.63. The van der Waals surface area contributed by atoms with E-state index in [0.717, 1.165) is 36.9 Å². The van der Waals surface area contributed by atoms with Crippen LogP contribution in [-0.4, -0.2) is 28.6 Å². The first-order chi connectivity index (χ1) is 13.2. The van der Waals surface area contributed by atoms with Crippen molar-refractivity contribution in [1.82, 2.24) is 20.2 Å². The highest BCUT2D eigenvalue weighted by molar-refractivity contribution is 7.09. The Bertz CT molecular complexity index is 886. The molecule has 0 atom stereocenters. The summed E-state index contributed by atoms with van der Waals surface area (Å²) in [5.41, 5.74) is 1.32. The molecule has 1 aromatic carbocycles. The molecule has 0 radical (unpaired) electrons. The molecular formula is C20H24FN5S. The maximum Gasteiger partial charge on any atom is 0.191 e. The van der Waals surface area contributed by atoms with E-state index in [2.05, 4.69) is 38.1 Å². The lowest BCUT2D eigenvalue weighted by Crippen LogP contribution is -2.38. The molecule has 0 spiro atoms. The molecule has 3 aromatic rings. The van der Waals surface area contributed by atoms with E-state index < -0.39 is 0 Å². The Morgan fingerprint density at radius 1 is 1.30 bits per heavy atom. The van der Waals surface area contributed by atoms with Gasteiger partial charge in [-0.25, -0.2) is 14.4 Å².